The Labute approximate surface area is 223 Å². The van der Waals surface area contributed by atoms with Gasteiger partial charge in [-0.25, -0.2) is 8.42 Å². The summed E-state index contributed by atoms with van der Waals surface area (Å²) < 4.78 is 37.5. The van der Waals surface area contributed by atoms with Crippen LogP contribution in [-0.2, 0) is 26.2 Å². The van der Waals surface area contributed by atoms with Gasteiger partial charge in [0.05, 0.1) is 11.9 Å². The summed E-state index contributed by atoms with van der Waals surface area (Å²) in [6, 6.07) is 11.3. The molecule has 1 atom stereocenters. The highest BCUT2D eigenvalue weighted by Gasteiger charge is 2.28. The maximum absolute atomic E-state index is 13.3. The summed E-state index contributed by atoms with van der Waals surface area (Å²) >= 11 is 6.32. The number of carbonyl (C=O) groups is 2. The number of benzene rings is 2. The minimum Gasteiger partial charge on any atom is -0.486 e. The molecule has 0 saturated carbocycles. The summed E-state index contributed by atoms with van der Waals surface area (Å²) in [6.07, 6.45) is 1.41. The fourth-order valence-electron chi connectivity index (χ4n) is 3.99. The lowest BCUT2D eigenvalue weighted by Gasteiger charge is -2.30. The van der Waals surface area contributed by atoms with Gasteiger partial charge < -0.3 is 19.7 Å². The van der Waals surface area contributed by atoms with Crippen molar-refractivity contribution < 1.29 is 27.5 Å². The Morgan fingerprint density at radius 1 is 1.05 bits per heavy atom. The summed E-state index contributed by atoms with van der Waals surface area (Å²) in [5.74, 6) is 0.485. The largest absolute Gasteiger partial charge is 0.486 e. The molecule has 11 heteroatoms. The second kappa shape index (κ2) is 12.5. The zero-order valence-electron chi connectivity index (χ0n) is 21.6. The van der Waals surface area contributed by atoms with Crippen molar-refractivity contribution >= 4 is 39.1 Å². The molecule has 1 aliphatic heterocycles. The van der Waals surface area contributed by atoms with E-state index in [2.05, 4.69) is 5.32 Å². The molecule has 2 aromatic carbocycles. The van der Waals surface area contributed by atoms with Gasteiger partial charge in [-0.05, 0) is 51.0 Å². The zero-order valence-corrected chi connectivity index (χ0v) is 23.1. The third kappa shape index (κ3) is 7.75. The summed E-state index contributed by atoms with van der Waals surface area (Å²) in [5.41, 5.74) is 1.15. The molecular weight excluding hydrogens is 518 g/mol. The summed E-state index contributed by atoms with van der Waals surface area (Å²) in [4.78, 5) is 27.6. The number of hydrogen-bond donors (Lipinski definition) is 1. The van der Waals surface area contributed by atoms with Crippen LogP contribution in [0.15, 0.2) is 42.5 Å². The second-order valence-electron chi connectivity index (χ2n) is 9.22. The molecule has 0 aromatic heterocycles. The van der Waals surface area contributed by atoms with Crippen molar-refractivity contribution in [3.63, 3.8) is 0 Å². The van der Waals surface area contributed by atoms with E-state index in [1.54, 1.807) is 37.3 Å². The third-order valence-corrected chi connectivity index (χ3v) is 7.43. The topological polar surface area (TPSA) is 105 Å². The number of nitrogens with one attached hydrogen (secondary N) is 1. The first kappa shape index (κ1) is 28.6. The first-order chi connectivity index (χ1) is 17.5. The van der Waals surface area contributed by atoms with E-state index in [1.807, 2.05) is 26.0 Å². The quantitative estimate of drug-likeness (QED) is 0.457. The average molecular weight is 552 g/mol. The van der Waals surface area contributed by atoms with Crippen LogP contribution in [0.2, 0.25) is 5.02 Å². The van der Waals surface area contributed by atoms with Gasteiger partial charge in [0.1, 0.15) is 19.3 Å². The molecule has 0 bridgehead atoms. The fourth-order valence-corrected chi connectivity index (χ4v) is 5.14. The van der Waals surface area contributed by atoms with Crippen LogP contribution in [0.1, 0.15) is 39.2 Å². The van der Waals surface area contributed by atoms with Crippen LogP contribution in [0.4, 0.5) is 5.69 Å². The molecule has 1 heterocycles. The maximum Gasteiger partial charge on any atom is 0.242 e. The van der Waals surface area contributed by atoms with Gasteiger partial charge in [-0.15, -0.1) is 0 Å². The maximum atomic E-state index is 13.3. The van der Waals surface area contributed by atoms with Gasteiger partial charge in [0.25, 0.3) is 0 Å². The van der Waals surface area contributed by atoms with Gasteiger partial charge in [-0.2, -0.15) is 0 Å². The van der Waals surface area contributed by atoms with Crippen LogP contribution < -0.4 is 19.1 Å². The normalized spacial score (nSPS) is 13.7. The van der Waals surface area contributed by atoms with E-state index < -0.39 is 16.1 Å². The highest BCUT2D eigenvalue weighted by Crippen LogP contribution is 2.34. The smallest absolute Gasteiger partial charge is 0.242 e. The molecule has 0 spiro atoms. The molecule has 1 aliphatic rings. The highest BCUT2D eigenvalue weighted by molar-refractivity contribution is 7.92. The van der Waals surface area contributed by atoms with E-state index in [1.165, 1.54) is 9.21 Å². The van der Waals surface area contributed by atoms with Crippen LogP contribution in [0.25, 0.3) is 0 Å². The Bertz CT molecular complexity index is 1220. The molecule has 0 saturated heterocycles. The average Bonchev–Trinajstić information content (AvgIpc) is 2.84. The molecule has 1 unspecified atom stereocenters. The predicted molar refractivity (Wildman–Crippen MR) is 144 cm³/mol. The van der Waals surface area contributed by atoms with Crippen LogP contribution in [-0.4, -0.2) is 63.2 Å². The number of ether oxygens (including phenoxy) is 2. The lowest BCUT2D eigenvalue weighted by molar-refractivity contribution is -0.140. The van der Waals surface area contributed by atoms with Crippen molar-refractivity contribution in [1.29, 1.82) is 0 Å². The summed E-state index contributed by atoms with van der Waals surface area (Å²) in [6.45, 7) is 6.42. The monoisotopic (exact) mass is 551 g/mol. The molecule has 0 fully saturated rings. The molecule has 2 aromatic rings. The second-order valence-corrected chi connectivity index (χ2v) is 11.5. The number of rotatable bonds is 11. The van der Waals surface area contributed by atoms with Crippen LogP contribution in [0, 0.1) is 0 Å². The number of nitrogens with zero attached hydrogens (tertiary/aromatic N) is 2. The van der Waals surface area contributed by atoms with E-state index in [0.717, 1.165) is 11.8 Å². The number of hydrogen-bond acceptors (Lipinski definition) is 6. The van der Waals surface area contributed by atoms with Crippen LogP contribution in [0.3, 0.4) is 0 Å². The number of halogens is 1. The van der Waals surface area contributed by atoms with E-state index >= 15 is 0 Å². The lowest BCUT2D eigenvalue weighted by atomic mass is 10.1. The minimum absolute atomic E-state index is 0.0420. The number of carbonyl (C=O) groups excluding carboxylic acids is 2. The third-order valence-electron chi connectivity index (χ3n) is 5.86. The van der Waals surface area contributed by atoms with Gasteiger partial charge in [0.2, 0.25) is 21.8 Å². The predicted octanol–water partition coefficient (Wildman–Crippen LogP) is 3.60. The van der Waals surface area contributed by atoms with Gasteiger partial charge >= 0.3 is 0 Å². The molecule has 2 amide bonds. The standard InChI is InChI=1S/C26H34ClN3O6S/c1-18(2)28-26(32)19(3)29(17-20-8-5-6-9-22(20)27)25(31)10-7-13-30(37(4,33)34)21-11-12-23-24(16-21)36-15-14-35-23/h5-6,8-9,11-12,16,18-19H,7,10,13-15,17H2,1-4H3,(H,28,32). The zero-order chi connectivity index (χ0) is 27.2. The molecule has 9 nitrogen and oxygen atoms in total. The van der Waals surface area contributed by atoms with Crippen molar-refractivity contribution in [2.75, 3.05) is 30.3 Å². The van der Waals surface area contributed by atoms with E-state index in [0.29, 0.717) is 35.4 Å². The molecule has 1 N–H and O–H groups in total. The SMILES string of the molecule is CC(C)NC(=O)C(C)N(Cc1ccccc1Cl)C(=O)CCCN(c1ccc2c(c1)OCCO2)S(C)(=O)=O. The lowest BCUT2D eigenvalue weighted by Crippen LogP contribution is -2.49. The Kier molecular flexibility index (Phi) is 9.67. The molecule has 37 heavy (non-hydrogen) atoms. The van der Waals surface area contributed by atoms with E-state index in [4.69, 9.17) is 21.1 Å². The molecule has 3 rings (SSSR count). The Balaban J connectivity index is 1.74. The fraction of sp³-hybridized carbons (Fsp3) is 0.462. The van der Waals surface area contributed by atoms with Gasteiger partial charge in [0.15, 0.2) is 11.5 Å². The summed E-state index contributed by atoms with van der Waals surface area (Å²) in [7, 11) is -3.63. The van der Waals surface area contributed by atoms with Crippen molar-refractivity contribution in [3.8, 4) is 11.5 Å². The van der Waals surface area contributed by atoms with E-state index in [-0.39, 0.29) is 43.8 Å². The van der Waals surface area contributed by atoms with Crippen molar-refractivity contribution in [3.05, 3.63) is 53.1 Å². The van der Waals surface area contributed by atoms with Gasteiger partial charge in [-0.3, -0.25) is 13.9 Å². The number of fused-ring (bicyclic) bond motifs is 1. The Hall–Kier alpha value is -2.98. The molecule has 0 aliphatic carbocycles. The van der Waals surface area contributed by atoms with Crippen LogP contribution in [0.5, 0.6) is 11.5 Å². The molecular formula is C26H34ClN3O6S. The van der Waals surface area contributed by atoms with Crippen molar-refractivity contribution in [2.24, 2.45) is 0 Å². The van der Waals surface area contributed by atoms with Gasteiger partial charge in [0, 0.05) is 36.6 Å². The van der Waals surface area contributed by atoms with Crippen molar-refractivity contribution in [2.45, 2.75) is 52.2 Å². The Morgan fingerprint density at radius 3 is 2.38 bits per heavy atom. The van der Waals surface area contributed by atoms with Gasteiger partial charge in [-0.1, -0.05) is 29.8 Å². The Morgan fingerprint density at radius 2 is 1.73 bits per heavy atom. The number of amides is 2. The highest BCUT2D eigenvalue weighted by atomic mass is 35.5. The first-order valence-corrected chi connectivity index (χ1v) is 14.4. The number of sulfonamides is 1. The summed E-state index contributed by atoms with van der Waals surface area (Å²) in [5, 5.41) is 3.34. The number of anilines is 1. The molecule has 202 valence electrons. The van der Waals surface area contributed by atoms with E-state index in [9.17, 15) is 18.0 Å². The first-order valence-electron chi connectivity index (χ1n) is 12.2. The minimum atomic E-state index is -3.63. The van der Waals surface area contributed by atoms with Crippen LogP contribution >= 0.6 is 11.6 Å². The van der Waals surface area contributed by atoms with Crippen molar-refractivity contribution in [1.82, 2.24) is 10.2 Å². The molecule has 0 radical (unpaired) electrons.